The van der Waals surface area contributed by atoms with Gasteiger partial charge in [-0.25, -0.2) is 0 Å². The van der Waals surface area contributed by atoms with Crippen molar-refractivity contribution in [3.63, 3.8) is 0 Å². The second kappa shape index (κ2) is 7.45. The summed E-state index contributed by atoms with van der Waals surface area (Å²) in [5, 5.41) is 3.57. The van der Waals surface area contributed by atoms with Crippen LogP contribution in [0.3, 0.4) is 0 Å². The highest BCUT2D eigenvalue weighted by Crippen LogP contribution is 2.33. The molecule has 132 valence electrons. The van der Waals surface area contributed by atoms with Gasteiger partial charge in [0.1, 0.15) is 5.78 Å². The second-order valence-corrected chi connectivity index (χ2v) is 8.28. The van der Waals surface area contributed by atoms with Crippen molar-refractivity contribution >= 4 is 5.78 Å². The third-order valence-corrected chi connectivity index (χ3v) is 4.97. The van der Waals surface area contributed by atoms with Crippen LogP contribution in [0.2, 0.25) is 0 Å². The normalized spacial score (nSPS) is 33.3. The van der Waals surface area contributed by atoms with Crippen LogP contribution in [0, 0.1) is 5.92 Å². The largest absolute Gasteiger partial charge is 0.369 e. The van der Waals surface area contributed by atoms with Gasteiger partial charge in [-0.3, -0.25) is 9.69 Å². The summed E-state index contributed by atoms with van der Waals surface area (Å²) in [6.07, 6.45) is 7.97. The molecule has 4 heteroatoms. The predicted molar refractivity (Wildman–Crippen MR) is 94.6 cm³/mol. The van der Waals surface area contributed by atoms with Crippen LogP contribution in [0.5, 0.6) is 0 Å². The molecule has 0 aromatic carbocycles. The Bertz CT molecular complexity index is 441. The van der Waals surface area contributed by atoms with Gasteiger partial charge in [0.25, 0.3) is 0 Å². The number of hydrogen-bond acceptors (Lipinski definition) is 4. The Morgan fingerprint density at radius 2 is 1.96 bits per heavy atom. The number of carbonyl (C=O) groups is 1. The number of likely N-dealkylation sites (tertiary alicyclic amines) is 1. The number of piperidine rings is 1. The zero-order chi connectivity index (χ0) is 17.1. The molecule has 0 radical (unpaired) electrons. The van der Waals surface area contributed by atoms with Crippen molar-refractivity contribution in [1.82, 2.24) is 10.2 Å². The molecule has 4 nitrogen and oxygen atoms in total. The molecule has 0 aromatic rings. The summed E-state index contributed by atoms with van der Waals surface area (Å²) in [5.41, 5.74) is -0.204. The van der Waals surface area contributed by atoms with E-state index in [4.69, 9.17) is 4.74 Å². The number of nitrogens with zero attached hydrogens (tertiary/aromatic N) is 1. The summed E-state index contributed by atoms with van der Waals surface area (Å²) in [4.78, 5) is 13.5. The summed E-state index contributed by atoms with van der Waals surface area (Å²) in [7, 11) is 0. The molecule has 2 unspecified atom stereocenters. The van der Waals surface area contributed by atoms with E-state index in [2.05, 4.69) is 50.1 Å². The SMILES string of the molecule is CC(=O)CN1CCC(CC2(C)C=CC(C)(NC(C)C)CO2)CC1. The molecule has 0 spiro atoms. The van der Waals surface area contributed by atoms with Crippen molar-refractivity contribution < 1.29 is 9.53 Å². The lowest BCUT2D eigenvalue weighted by Crippen LogP contribution is -2.53. The highest BCUT2D eigenvalue weighted by molar-refractivity contribution is 5.77. The first kappa shape index (κ1) is 18.6. The van der Waals surface area contributed by atoms with Gasteiger partial charge in [-0.15, -0.1) is 0 Å². The van der Waals surface area contributed by atoms with Crippen molar-refractivity contribution in [1.29, 1.82) is 0 Å². The summed E-state index contributed by atoms with van der Waals surface area (Å²) in [6, 6.07) is 0.447. The fraction of sp³-hybridized carbons (Fsp3) is 0.842. The molecule has 2 atom stereocenters. The maximum atomic E-state index is 11.2. The summed E-state index contributed by atoms with van der Waals surface area (Å²) in [5.74, 6) is 0.959. The zero-order valence-corrected chi connectivity index (χ0v) is 15.5. The van der Waals surface area contributed by atoms with Gasteiger partial charge in [-0.2, -0.15) is 0 Å². The minimum atomic E-state index is -0.147. The number of hydrogen-bond donors (Lipinski definition) is 1. The highest BCUT2D eigenvalue weighted by Gasteiger charge is 2.36. The van der Waals surface area contributed by atoms with E-state index in [0.29, 0.717) is 18.5 Å². The number of rotatable bonds is 6. The summed E-state index contributed by atoms with van der Waals surface area (Å²) in [6.45, 7) is 13.8. The number of ether oxygens (including phenoxy) is 1. The first-order valence-corrected chi connectivity index (χ1v) is 9.04. The van der Waals surface area contributed by atoms with Gasteiger partial charge in [0.05, 0.1) is 24.3 Å². The van der Waals surface area contributed by atoms with Gasteiger partial charge in [0, 0.05) is 6.04 Å². The van der Waals surface area contributed by atoms with Crippen LogP contribution < -0.4 is 5.32 Å². The van der Waals surface area contributed by atoms with Crippen molar-refractivity contribution in [2.45, 2.75) is 71.1 Å². The van der Waals surface area contributed by atoms with Crippen LogP contribution in [0.15, 0.2) is 12.2 Å². The van der Waals surface area contributed by atoms with Crippen LogP contribution in [-0.4, -0.2) is 54.1 Å². The van der Waals surface area contributed by atoms with Gasteiger partial charge in [-0.05, 0) is 72.9 Å². The molecule has 0 aromatic heterocycles. The van der Waals surface area contributed by atoms with Gasteiger partial charge >= 0.3 is 0 Å². The number of ketones is 1. The Morgan fingerprint density at radius 3 is 2.43 bits per heavy atom. The molecule has 0 aliphatic carbocycles. The topological polar surface area (TPSA) is 41.6 Å². The Kier molecular flexibility index (Phi) is 6.04. The van der Waals surface area contributed by atoms with Crippen LogP contribution in [-0.2, 0) is 9.53 Å². The smallest absolute Gasteiger partial charge is 0.143 e. The van der Waals surface area contributed by atoms with Gasteiger partial charge in [0.15, 0.2) is 0 Å². The number of Topliss-reactive ketones (excluding diaryl/α,β-unsaturated/α-hetero) is 1. The fourth-order valence-corrected chi connectivity index (χ4v) is 3.88. The molecule has 0 saturated carbocycles. The molecule has 2 aliphatic heterocycles. The minimum Gasteiger partial charge on any atom is -0.369 e. The lowest BCUT2D eigenvalue weighted by molar-refractivity contribution is -0.118. The lowest BCUT2D eigenvalue weighted by Gasteiger charge is -2.42. The van der Waals surface area contributed by atoms with Crippen LogP contribution >= 0.6 is 0 Å². The fourth-order valence-electron chi connectivity index (χ4n) is 3.88. The maximum Gasteiger partial charge on any atom is 0.143 e. The molecule has 1 fully saturated rings. The minimum absolute atomic E-state index is 0.0570. The number of nitrogens with one attached hydrogen (secondary N) is 1. The Balaban J connectivity index is 1.84. The molecule has 1 saturated heterocycles. The summed E-state index contributed by atoms with van der Waals surface area (Å²) < 4.78 is 6.26. The monoisotopic (exact) mass is 322 g/mol. The average molecular weight is 322 g/mol. The zero-order valence-electron chi connectivity index (χ0n) is 15.5. The van der Waals surface area contributed by atoms with Crippen molar-refractivity contribution in [3.8, 4) is 0 Å². The van der Waals surface area contributed by atoms with Crippen LogP contribution in [0.1, 0.15) is 53.9 Å². The first-order chi connectivity index (χ1) is 10.7. The quantitative estimate of drug-likeness (QED) is 0.764. The molecule has 23 heavy (non-hydrogen) atoms. The maximum absolute atomic E-state index is 11.2. The molecule has 0 amide bonds. The molecule has 2 aliphatic rings. The Hall–Kier alpha value is -0.710. The van der Waals surface area contributed by atoms with E-state index in [9.17, 15) is 4.79 Å². The third kappa shape index (κ3) is 5.70. The van der Waals surface area contributed by atoms with E-state index in [1.807, 2.05) is 0 Å². The van der Waals surface area contributed by atoms with E-state index < -0.39 is 0 Å². The molecular weight excluding hydrogens is 288 g/mol. The molecule has 2 heterocycles. The van der Waals surface area contributed by atoms with Crippen molar-refractivity contribution in [2.24, 2.45) is 5.92 Å². The van der Waals surface area contributed by atoms with Gasteiger partial charge < -0.3 is 10.1 Å². The Morgan fingerprint density at radius 1 is 1.30 bits per heavy atom. The lowest BCUT2D eigenvalue weighted by atomic mass is 9.82. The predicted octanol–water partition coefficient (Wildman–Crippen LogP) is 2.78. The van der Waals surface area contributed by atoms with Crippen LogP contribution in [0.25, 0.3) is 0 Å². The Labute approximate surface area is 141 Å². The van der Waals surface area contributed by atoms with E-state index in [0.717, 1.165) is 26.1 Å². The van der Waals surface area contributed by atoms with E-state index in [1.165, 1.54) is 12.8 Å². The van der Waals surface area contributed by atoms with Crippen molar-refractivity contribution in [2.75, 3.05) is 26.2 Å². The van der Waals surface area contributed by atoms with E-state index in [-0.39, 0.29) is 16.9 Å². The van der Waals surface area contributed by atoms with Gasteiger partial charge in [0.2, 0.25) is 0 Å². The van der Waals surface area contributed by atoms with E-state index >= 15 is 0 Å². The molecule has 1 N–H and O–H groups in total. The van der Waals surface area contributed by atoms with E-state index in [1.54, 1.807) is 6.92 Å². The second-order valence-electron chi connectivity index (χ2n) is 8.28. The highest BCUT2D eigenvalue weighted by atomic mass is 16.5. The van der Waals surface area contributed by atoms with Crippen molar-refractivity contribution in [3.05, 3.63) is 12.2 Å². The average Bonchev–Trinajstić information content (AvgIpc) is 2.44. The van der Waals surface area contributed by atoms with Gasteiger partial charge in [-0.1, -0.05) is 12.2 Å². The molecule has 2 rings (SSSR count). The standard InChI is InChI=1S/C19H34N2O2/c1-15(2)20-18(4)8-9-19(5,23-14-18)12-17-6-10-21(11-7-17)13-16(3)22/h8-9,15,17,20H,6-7,10-14H2,1-5H3. The molecule has 0 bridgehead atoms. The third-order valence-electron chi connectivity index (χ3n) is 4.97. The summed E-state index contributed by atoms with van der Waals surface area (Å²) >= 11 is 0. The first-order valence-electron chi connectivity index (χ1n) is 9.04. The van der Waals surface area contributed by atoms with Crippen LogP contribution in [0.4, 0.5) is 0 Å². The number of carbonyl (C=O) groups excluding carboxylic acids is 1. The molecular formula is C19H34N2O2.